The molecule has 2 aromatic carbocycles. The highest BCUT2D eigenvalue weighted by atomic mass is 35.5. The number of fused-ring (bicyclic) bond motifs is 1. The van der Waals surface area contributed by atoms with E-state index in [4.69, 9.17) is 16.3 Å². The number of halogens is 1. The van der Waals surface area contributed by atoms with Crippen molar-refractivity contribution in [2.75, 3.05) is 0 Å². The Hall–Kier alpha value is -3.02. The van der Waals surface area contributed by atoms with Crippen molar-refractivity contribution >= 4 is 45.0 Å². The van der Waals surface area contributed by atoms with Gasteiger partial charge < -0.3 is 9.53 Å². The first kappa shape index (κ1) is 21.2. The average molecular weight is 449 g/mol. The summed E-state index contributed by atoms with van der Waals surface area (Å²) in [4.78, 5) is 20.2. The summed E-state index contributed by atoms with van der Waals surface area (Å²) < 4.78 is 7.00. The molecule has 6 heteroatoms. The van der Waals surface area contributed by atoms with E-state index in [1.807, 2.05) is 61.5 Å². The summed E-state index contributed by atoms with van der Waals surface area (Å²) in [5.74, 6) is 1.38. The predicted molar refractivity (Wildman–Crippen MR) is 128 cm³/mol. The van der Waals surface area contributed by atoms with Crippen molar-refractivity contribution in [2.45, 2.75) is 20.3 Å². The molecular formula is C25H21ClN2O2S. The number of hydrogen-bond acceptors (Lipinski definition) is 5. The van der Waals surface area contributed by atoms with Crippen LogP contribution in [0.2, 0.25) is 5.02 Å². The molecule has 4 nitrogen and oxygen atoms in total. The minimum atomic E-state index is 0.185. The van der Waals surface area contributed by atoms with Crippen LogP contribution in [0.1, 0.15) is 25.8 Å². The zero-order valence-corrected chi connectivity index (χ0v) is 18.8. The third-order valence-corrected chi connectivity index (χ3v) is 6.05. The number of ether oxygens (including phenoxy) is 1. The van der Waals surface area contributed by atoms with E-state index in [9.17, 15) is 4.79 Å². The first-order valence-electron chi connectivity index (χ1n) is 9.95. The van der Waals surface area contributed by atoms with Gasteiger partial charge in [-0.25, -0.2) is 9.97 Å². The molecule has 0 spiro atoms. The number of aromatic nitrogens is 2. The molecule has 4 aromatic rings. The van der Waals surface area contributed by atoms with E-state index in [1.165, 1.54) is 0 Å². The first-order valence-corrected chi connectivity index (χ1v) is 11.1. The van der Waals surface area contributed by atoms with Crippen molar-refractivity contribution in [1.82, 2.24) is 9.97 Å². The monoisotopic (exact) mass is 448 g/mol. The van der Waals surface area contributed by atoms with Gasteiger partial charge in [-0.05, 0) is 54.8 Å². The SMILES string of the molecule is CC(=O)C[C@@H](C)/C=C/c1ccc(Oc2ccc(-c3nc4ccccc4s3)cc2Cl)nc1. The highest BCUT2D eigenvalue weighted by Gasteiger charge is 2.10. The maximum Gasteiger partial charge on any atom is 0.219 e. The molecule has 2 heterocycles. The van der Waals surface area contributed by atoms with Crippen LogP contribution in [0, 0.1) is 5.92 Å². The molecule has 2 aromatic heterocycles. The van der Waals surface area contributed by atoms with Gasteiger partial charge in [-0.1, -0.05) is 42.8 Å². The van der Waals surface area contributed by atoms with Crippen LogP contribution < -0.4 is 4.74 Å². The summed E-state index contributed by atoms with van der Waals surface area (Å²) in [6, 6.07) is 17.4. The smallest absolute Gasteiger partial charge is 0.219 e. The van der Waals surface area contributed by atoms with Gasteiger partial charge in [0.05, 0.1) is 15.2 Å². The second-order valence-electron chi connectivity index (χ2n) is 7.41. The Morgan fingerprint density at radius 2 is 2.03 bits per heavy atom. The quantitative estimate of drug-likeness (QED) is 0.295. The van der Waals surface area contributed by atoms with E-state index >= 15 is 0 Å². The number of rotatable bonds is 7. The lowest BCUT2D eigenvalue weighted by Gasteiger charge is -2.08. The molecule has 0 N–H and O–H groups in total. The number of allylic oxidation sites excluding steroid dienone is 1. The maximum absolute atomic E-state index is 11.2. The lowest BCUT2D eigenvalue weighted by Crippen LogP contribution is -1.97. The summed E-state index contributed by atoms with van der Waals surface area (Å²) in [6.45, 7) is 3.62. The number of nitrogens with zero attached hydrogens (tertiary/aromatic N) is 2. The minimum absolute atomic E-state index is 0.185. The van der Waals surface area contributed by atoms with Crippen LogP contribution in [0.15, 0.2) is 66.9 Å². The van der Waals surface area contributed by atoms with E-state index in [-0.39, 0.29) is 11.7 Å². The van der Waals surface area contributed by atoms with Gasteiger partial charge in [0.25, 0.3) is 0 Å². The number of Topliss-reactive ketones (excluding diaryl/α,β-unsaturated/α-hetero) is 1. The molecule has 0 saturated heterocycles. The Labute approximate surface area is 190 Å². The molecule has 31 heavy (non-hydrogen) atoms. The number of carbonyl (C=O) groups excluding carboxylic acids is 1. The Morgan fingerprint density at radius 1 is 1.19 bits per heavy atom. The normalized spacial score (nSPS) is 12.4. The molecule has 1 atom stereocenters. The molecule has 156 valence electrons. The van der Waals surface area contributed by atoms with Crippen molar-refractivity contribution in [3.63, 3.8) is 0 Å². The lowest BCUT2D eigenvalue weighted by atomic mass is 10.0. The fraction of sp³-hybridized carbons (Fsp3) is 0.160. The minimum Gasteiger partial charge on any atom is -0.437 e. The number of thiazole rings is 1. The molecule has 4 rings (SSSR count). The second-order valence-corrected chi connectivity index (χ2v) is 8.84. The molecule has 0 aliphatic rings. The second kappa shape index (κ2) is 9.41. The summed E-state index contributed by atoms with van der Waals surface area (Å²) in [7, 11) is 0. The Morgan fingerprint density at radius 3 is 2.74 bits per heavy atom. The first-order chi connectivity index (χ1) is 15.0. The van der Waals surface area contributed by atoms with Gasteiger partial charge in [0.2, 0.25) is 5.88 Å². The number of benzene rings is 2. The number of hydrogen-bond donors (Lipinski definition) is 0. The Balaban J connectivity index is 1.45. The highest BCUT2D eigenvalue weighted by molar-refractivity contribution is 7.21. The number of ketones is 1. The van der Waals surface area contributed by atoms with E-state index in [2.05, 4.69) is 16.0 Å². The predicted octanol–water partition coefficient (Wildman–Crippen LogP) is 7.43. The molecular weight excluding hydrogens is 428 g/mol. The maximum atomic E-state index is 11.2. The molecule has 0 fully saturated rings. The summed E-state index contributed by atoms with van der Waals surface area (Å²) >= 11 is 8.10. The van der Waals surface area contributed by atoms with Gasteiger partial charge in [-0.2, -0.15) is 0 Å². The lowest BCUT2D eigenvalue weighted by molar-refractivity contribution is -0.117. The number of pyridine rings is 1. The average Bonchev–Trinajstić information content (AvgIpc) is 3.18. The highest BCUT2D eigenvalue weighted by Crippen LogP contribution is 2.36. The summed E-state index contributed by atoms with van der Waals surface area (Å²) in [5, 5.41) is 1.42. The van der Waals surface area contributed by atoms with Crippen molar-refractivity contribution in [1.29, 1.82) is 0 Å². The summed E-state index contributed by atoms with van der Waals surface area (Å²) in [6.07, 6.45) is 6.24. The molecule has 0 aliphatic heterocycles. The van der Waals surface area contributed by atoms with Crippen LogP contribution in [-0.2, 0) is 4.79 Å². The van der Waals surface area contributed by atoms with Crippen LogP contribution in [-0.4, -0.2) is 15.8 Å². The Bertz CT molecular complexity index is 1220. The van der Waals surface area contributed by atoms with Crippen molar-refractivity contribution in [2.24, 2.45) is 5.92 Å². The van der Waals surface area contributed by atoms with Crippen LogP contribution in [0.5, 0.6) is 11.6 Å². The van der Waals surface area contributed by atoms with Gasteiger partial charge >= 0.3 is 0 Å². The van der Waals surface area contributed by atoms with Crippen molar-refractivity contribution in [3.05, 3.63) is 77.5 Å². The zero-order chi connectivity index (χ0) is 21.8. The molecule has 0 saturated carbocycles. The fourth-order valence-corrected chi connectivity index (χ4v) is 4.35. The van der Waals surface area contributed by atoms with Crippen LogP contribution in [0.3, 0.4) is 0 Å². The Kier molecular flexibility index (Phi) is 6.44. The van der Waals surface area contributed by atoms with Gasteiger partial charge in [-0.3, -0.25) is 0 Å². The van der Waals surface area contributed by atoms with Gasteiger partial charge in [0.15, 0.2) is 0 Å². The third-order valence-electron chi connectivity index (χ3n) is 4.67. The summed E-state index contributed by atoms with van der Waals surface area (Å²) in [5.41, 5.74) is 2.87. The number of para-hydroxylation sites is 1. The van der Waals surface area contributed by atoms with Crippen LogP contribution in [0.25, 0.3) is 26.9 Å². The topological polar surface area (TPSA) is 52.1 Å². The molecule has 0 unspecified atom stereocenters. The van der Waals surface area contributed by atoms with E-state index in [1.54, 1.807) is 30.5 Å². The molecule has 0 radical (unpaired) electrons. The van der Waals surface area contributed by atoms with E-state index < -0.39 is 0 Å². The third kappa shape index (κ3) is 5.37. The van der Waals surface area contributed by atoms with Gasteiger partial charge in [-0.15, -0.1) is 11.3 Å². The molecule has 0 amide bonds. The van der Waals surface area contributed by atoms with Gasteiger partial charge in [0, 0.05) is 24.2 Å². The fourth-order valence-electron chi connectivity index (χ4n) is 3.17. The zero-order valence-electron chi connectivity index (χ0n) is 17.2. The molecule has 0 bridgehead atoms. The van der Waals surface area contributed by atoms with Crippen molar-refractivity contribution in [3.8, 4) is 22.2 Å². The standard InChI is InChI=1S/C25H21ClN2O2S/c1-16(13-17(2)29)7-8-18-9-12-24(27-15-18)30-22-11-10-19(14-20(22)26)25-28-21-5-3-4-6-23(21)31-25/h3-12,14-16H,13H2,1-2H3/b8-7+/t16-/m0/s1. The van der Waals surface area contributed by atoms with Crippen LogP contribution >= 0.6 is 22.9 Å². The largest absolute Gasteiger partial charge is 0.437 e. The van der Waals surface area contributed by atoms with E-state index in [0.29, 0.717) is 23.1 Å². The number of carbonyl (C=O) groups is 1. The van der Waals surface area contributed by atoms with E-state index in [0.717, 1.165) is 26.4 Å². The van der Waals surface area contributed by atoms with Crippen molar-refractivity contribution < 1.29 is 9.53 Å². The van der Waals surface area contributed by atoms with Crippen LogP contribution in [0.4, 0.5) is 0 Å². The molecule has 0 aliphatic carbocycles. The van der Waals surface area contributed by atoms with Gasteiger partial charge in [0.1, 0.15) is 16.5 Å².